The van der Waals surface area contributed by atoms with Crippen LogP contribution < -0.4 is 30.7 Å². The third-order valence-electron chi connectivity index (χ3n) is 6.61. The highest BCUT2D eigenvalue weighted by Crippen LogP contribution is 2.43. The molecule has 12 nitrogen and oxygen atoms in total. The molecule has 2 aliphatic rings. The van der Waals surface area contributed by atoms with Gasteiger partial charge in [-0.1, -0.05) is 18.9 Å². The summed E-state index contributed by atoms with van der Waals surface area (Å²) in [4.78, 5) is 47.5. The first-order valence-electron chi connectivity index (χ1n) is 13.8. The molecule has 12 heteroatoms. The van der Waals surface area contributed by atoms with Crippen LogP contribution in [0, 0.1) is 11.3 Å². The van der Waals surface area contributed by atoms with Crippen molar-refractivity contribution in [3.63, 3.8) is 0 Å². The lowest BCUT2D eigenvalue weighted by Gasteiger charge is -2.33. The summed E-state index contributed by atoms with van der Waals surface area (Å²) in [6, 6.07) is 5.47. The number of aliphatic hydroxyl groups is 1. The van der Waals surface area contributed by atoms with E-state index in [4.69, 9.17) is 19.4 Å². The maximum absolute atomic E-state index is 13.6. The van der Waals surface area contributed by atoms with Crippen LogP contribution in [0.25, 0.3) is 0 Å². The Hall–Kier alpha value is -3.38. The molecule has 0 spiro atoms. The Morgan fingerprint density at radius 3 is 2.58 bits per heavy atom. The van der Waals surface area contributed by atoms with E-state index in [-0.39, 0.29) is 37.5 Å². The zero-order valence-corrected chi connectivity index (χ0v) is 23.6. The number of carbonyl (C=O) groups excluding carboxylic acids is 3. The largest absolute Gasteiger partial charge is 0.493 e. The number of hydrogen-bond donors (Lipinski definition) is 6. The topological polar surface area (TPSA) is 175 Å². The number of aliphatic carboxylic acids is 1. The van der Waals surface area contributed by atoms with E-state index in [2.05, 4.69) is 21.3 Å². The van der Waals surface area contributed by atoms with Crippen LogP contribution in [0.4, 0.5) is 0 Å². The van der Waals surface area contributed by atoms with Gasteiger partial charge in [0.2, 0.25) is 11.8 Å². The predicted octanol–water partition coefficient (Wildman–Crippen LogP) is 0.608. The molecule has 2 bridgehead atoms. The van der Waals surface area contributed by atoms with Crippen LogP contribution in [-0.2, 0) is 25.6 Å². The van der Waals surface area contributed by atoms with Crippen molar-refractivity contribution in [1.82, 2.24) is 21.3 Å². The van der Waals surface area contributed by atoms with Gasteiger partial charge in [-0.25, -0.2) is 0 Å². The number of amides is 3. The van der Waals surface area contributed by atoms with Crippen molar-refractivity contribution in [2.75, 3.05) is 53.0 Å². The molecular formula is C28H44N4O8. The van der Waals surface area contributed by atoms with Gasteiger partial charge < -0.3 is 41.0 Å². The van der Waals surface area contributed by atoms with E-state index in [0.717, 1.165) is 25.3 Å². The predicted molar refractivity (Wildman–Crippen MR) is 148 cm³/mol. The molecule has 6 N–H and O–H groups in total. The lowest BCUT2D eigenvalue weighted by atomic mass is 9.75. The first kappa shape index (κ1) is 32.8. The van der Waals surface area contributed by atoms with E-state index in [1.54, 1.807) is 12.1 Å². The Kier molecular flexibility index (Phi) is 14.2. The van der Waals surface area contributed by atoms with Crippen molar-refractivity contribution in [3.8, 4) is 11.5 Å². The smallest absolute Gasteiger partial charge is 0.300 e. The minimum atomic E-state index is -0.848. The van der Waals surface area contributed by atoms with Crippen molar-refractivity contribution in [3.05, 3.63) is 23.8 Å². The van der Waals surface area contributed by atoms with Gasteiger partial charge in [-0.05, 0) is 55.8 Å². The number of fused-ring (bicyclic) bond motifs is 2. The first-order chi connectivity index (χ1) is 19.2. The van der Waals surface area contributed by atoms with E-state index in [0.29, 0.717) is 75.7 Å². The number of benzene rings is 1. The molecule has 3 amide bonds. The minimum Gasteiger partial charge on any atom is -0.493 e. The minimum absolute atomic E-state index is 0.00652. The molecule has 1 aromatic carbocycles. The molecule has 1 aromatic rings. The van der Waals surface area contributed by atoms with Crippen LogP contribution in [-0.4, -0.2) is 87.0 Å². The van der Waals surface area contributed by atoms with Crippen LogP contribution >= 0.6 is 0 Å². The molecule has 3 rings (SSSR count). The Morgan fingerprint density at radius 2 is 1.90 bits per heavy atom. The highest BCUT2D eigenvalue weighted by atomic mass is 16.5. The summed E-state index contributed by atoms with van der Waals surface area (Å²) >= 11 is 0. The fourth-order valence-corrected chi connectivity index (χ4v) is 4.48. The van der Waals surface area contributed by atoms with Crippen molar-refractivity contribution >= 4 is 23.7 Å². The zero-order chi connectivity index (χ0) is 29.4. The normalized spacial score (nSPS) is 20.7. The number of carboxylic acid groups (broad SMARTS) is 1. The highest BCUT2D eigenvalue weighted by molar-refractivity contribution is 5.84. The molecule has 1 unspecified atom stereocenters. The molecule has 0 saturated heterocycles. The molecule has 1 atom stereocenters. The van der Waals surface area contributed by atoms with Crippen LogP contribution in [0.3, 0.4) is 0 Å². The molecule has 1 aliphatic carbocycles. The van der Waals surface area contributed by atoms with Gasteiger partial charge in [0.25, 0.3) is 11.9 Å². The lowest BCUT2D eigenvalue weighted by molar-refractivity contribution is -0.135. The molecule has 224 valence electrons. The summed E-state index contributed by atoms with van der Waals surface area (Å²) in [6.07, 6.45) is 4.66. The van der Waals surface area contributed by atoms with Gasteiger partial charge in [0.1, 0.15) is 0 Å². The number of hydrogen-bond acceptors (Lipinski definition) is 8. The maximum Gasteiger partial charge on any atom is 0.300 e. The monoisotopic (exact) mass is 564 g/mol. The number of methoxy groups -OCH3 is 1. The highest BCUT2D eigenvalue weighted by Gasteiger charge is 2.43. The Balaban J connectivity index is 0.00000131. The van der Waals surface area contributed by atoms with Crippen molar-refractivity contribution in [2.45, 2.75) is 51.9 Å². The molecular weight excluding hydrogens is 520 g/mol. The molecule has 1 fully saturated rings. The summed E-state index contributed by atoms with van der Waals surface area (Å²) in [5, 5.41) is 28.6. The summed E-state index contributed by atoms with van der Waals surface area (Å²) < 4.78 is 11.2. The summed E-state index contributed by atoms with van der Waals surface area (Å²) in [5.74, 6) is 0.0667. The maximum atomic E-state index is 13.6. The molecule has 1 saturated carbocycles. The van der Waals surface area contributed by atoms with Gasteiger partial charge in [-0.2, -0.15) is 0 Å². The van der Waals surface area contributed by atoms with E-state index in [1.165, 1.54) is 7.11 Å². The second-order valence-corrected chi connectivity index (χ2v) is 10.2. The van der Waals surface area contributed by atoms with Gasteiger partial charge in [-0.15, -0.1) is 0 Å². The lowest BCUT2D eigenvalue weighted by Crippen LogP contribution is -2.50. The van der Waals surface area contributed by atoms with Crippen LogP contribution in [0.15, 0.2) is 18.2 Å². The Labute approximate surface area is 235 Å². The van der Waals surface area contributed by atoms with Crippen LogP contribution in [0.1, 0.15) is 51.0 Å². The van der Waals surface area contributed by atoms with Gasteiger partial charge in [0.15, 0.2) is 18.1 Å². The van der Waals surface area contributed by atoms with Gasteiger partial charge in [0, 0.05) is 46.1 Å². The average Bonchev–Trinajstić information content (AvgIpc) is 3.73. The summed E-state index contributed by atoms with van der Waals surface area (Å²) in [7, 11) is 1.54. The van der Waals surface area contributed by atoms with Crippen molar-refractivity contribution < 1.29 is 38.9 Å². The van der Waals surface area contributed by atoms with Crippen molar-refractivity contribution in [2.24, 2.45) is 11.3 Å². The van der Waals surface area contributed by atoms with E-state index in [9.17, 15) is 19.5 Å². The number of aliphatic hydroxyl groups excluding tert-OH is 1. The second kappa shape index (κ2) is 17.3. The molecule has 0 aromatic heterocycles. The Morgan fingerprint density at radius 1 is 1.15 bits per heavy atom. The number of nitrogens with one attached hydrogen (secondary N) is 4. The van der Waals surface area contributed by atoms with Gasteiger partial charge in [-0.3, -0.25) is 19.2 Å². The number of rotatable bonds is 7. The SMILES string of the molecule is CC(=O)O.COc1ccc2cc1OCC(=O)NCCNCCCC(=O)NCC(CC1CC1)(C(=O)NCCCO)C2. The molecule has 0 radical (unpaired) electrons. The fourth-order valence-electron chi connectivity index (χ4n) is 4.48. The van der Waals surface area contributed by atoms with E-state index in [1.807, 2.05) is 6.07 Å². The first-order valence-corrected chi connectivity index (χ1v) is 13.8. The van der Waals surface area contributed by atoms with Crippen LogP contribution in [0.2, 0.25) is 0 Å². The quantitative estimate of drug-likeness (QED) is 0.259. The van der Waals surface area contributed by atoms with Gasteiger partial charge >= 0.3 is 0 Å². The van der Waals surface area contributed by atoms with Crippen molar-refractivity contribution in [1.29, 1.82) is 0 Å². The molecule has 1 aliphatic heterocycles. The standard InChI is InChI=1S/C26H40N4O6.C2H4O2/c1-35-21-8-7-20-14-22(21)36-17-24(33)28-12-11-27-9-2-4-23(32)30-18-26(16-20,15-19-5-6-19)25(34)29-10-3-13-31;1-2(3)4/h7-8,14,19,27,31H,2-6,9-13,15-18H2,1H3,(H,28,33)(H,29,34)(H,30,32);1H3,(H,3,4). The van der Waals surface area contributed by atoms with E-state index < -0.39 is 11.4 Å². The second-order valence-electron chi connectivity index (χ2n) is 10.2. The average molecular weight is 565 g/mol. The molecule has 1 heterocycles. The number of ether oxygens (including phenoxy) is 2. The van der Waals surface area contributed by atoms with Gasteiger partial charge in [0.05, 0.1) is 12.5 Å². The number of carboxylic acids is 1. The third kappa shape index (κ3) is 12.2. The summed E-state index contributed by atoms with van der Waals surface area (Å²) in [5.41, 5.74) is 0.00266. The Bertz CT molecular complexity index is 981. The fraction of sp³-hybridized carbons (Fsp3) is 0.643. The van der Waals surface area contributed by atoms with Crippen LogP contribution in [0.5, 0.6) is 11.5 Å². The zero-order valence-electron chi connectivity index (χ0n) is 23.6. The van der Waals surface area contributed by atoms with E-state index >= 15 is 0 Å². The summed E-state index contributed by atoms with van der Waals surface area (Å²) in [6.45, 7) is 3.22. The molecule has 40 heavy (non-hydrogen) atoms. The number of carbonyl (C=O) groups is 4. The third-order valence-corrected chi connectivity index (χ3v) is 6.61.